The van der Waals surface area contributed by atoms with Crippen LogP contribution in [0.1, 0.15) is 5.56 Å². The lowest BCUT2D eigenvalue weighted by molar-refractivity contribution is -0.116. The third-order valence-electron chi connectivity index (χ3n) is 3.45. The highest BCUT2D eigenvalue weighted by atomic mass is 35.5. The molecule has 0 heterocycles. The van der Waals surface area contributed by atoms with Crippen molar-refractivity contribution in [3.8, 4) is 29.1 Å². The predicted molar refractivity (Wildman–Crippen MR) is 106 cm³/mol. The van der Waals surface area contributed by atoms with Crippen LogP contribution < -0.4 is 19.5 Å². The summed E-state index contributed by atoms with van der Waals surface area (Å²) in [7, 11) is 3.13. The van der Waals surface area contributed by atoms with Crippen molar-refractivity contribution in [2.75, 3.05) is 27.4 Å². The van der Waals surface area contributed by atoms with Crippen molar-refractivity contribution < 1.29 is 19.0 Å². The van der Waals surface area contributed by atoms with Gasteiger partial charge in [0.15, 0.2) is 11.5 Å². The smallest absolute Gasteiger partial charge is 0.244 e. The minimum atomic E-state index is -0.244. The molecule has 0 fully saturated rings. The highest BCUT2D eigenvalue weighted by Crippen LogP contribution is 2.27. The number of amides is 1. The van der Waals surface area contributed by atoms with Crippen molar-refractivity contribution in [1.82, 2.24) is 5.32 Å². The molecule has 1 amide bonds. The van der Waals surface area contributed by atoms with Crippen LogP contribution in [0.15, 0.2) is 48.5 Å². The fraction of sp³-hybridized carbons (Fsp3) is 0.190. The maximum Gasteiger partial charge on any atom is 0.244 e. The van der Waals surface area contributed by atoms with Crippen LogP contribution in [0.5, 0.6) is 17.2 Å². The second kappa shape index (κ2) is 10.8. The zero-order valence-electron chi connectivity index (χ0n) is 15.1. The lowest BCUT2D eigenvalue weighted by Crippen LogP contribution is -2.21. The van der Waals surface area contributed by atoms with Crippen molar-refractivity contribution in [2.45, 2.75) is 0 Å². The quantitative estimate of drug-likeness (QED) is 0.584. The zero-order valence-corrected chi connectivity index (χ0v) is 15.9. The Bertz CT molecular complexity index is 868. The van der Waals surface area contributed by atoms with E-state index in [0.717, 1.165) is 5.56 Å². The van der Waals surface area contributed by atoms with Gasteiger partial charge in [0.05, 0.1) is 25.8 Å². The summed E-state index contributed by atoms with van der Waals surface area (Å²) < 4.78 is 15.8. The van der Waals surface area contributed by atoms with Crippen LogP contribution >= 0.6 is 11.6 Å². The largest absolute Gasteiger partial charge is 0.493 e. The van der Waals surface area contributed by atoms with Gasteiger partial charge in [-0.15, -0.1) is 0 Å². The standard InChI is InChI=1S/C21H20ClNO4/c1-25-19-11-9-16(15-20(19)26-2)10-12-21(24)23-13-5-6-14-27-18-8-4-3-7-17(18)22/h3-4,7-12,15H,13-14H2,1-2H3,(H,23,24)/b12-10+. The number of carbonyl (C=O) groups excluding carboxylic acids is 1. The number of hydrogen-bond acceptors (Lipinski definition) is 4. The number of nitrogens with one attached hydrogen (secondary N) is 1. The SMILES string of the molecule is COc1ccc(/C=C/C(=O)NCC#CCOc2ccccc2Cl)cc1OC. The lowest BCUT2D eigenvalue weighted by atomic mass is 10.2. The van der Waals surface area contributed by atoms with Crippen molar-refractivity contribution in [3.05, 3.63) is 59.1 Å². The van der Waals surface area contributed by atoms with Crippen LogP contribution in [0.2, 0.25) is 5.02 Å². The first-order valence-electron chi connectivity index (χ1n) is 8.15. The van der Waals surface area contributed by atoms with Crippen LogP contribution in [0, 0.1) is 11.8 Å². The second-order valence-electron chi connectivity index (χ2n) is 5.24. The van der Waals surface area contributed by atoms with Gasteiger partial charge >= 0.3 is 0 Å². The number of carbonyl (C=O) groups is 1. The molecule has 6 heteroatoms. The van der Waals surface area contributed by atoms with Crippen molar-refractivity contribution in [3.63, 3.8) is 0 Å². The van der Waals surface area contributed by atoms with Crippen LogP contribution in [-0.4, -0.2) is 33.3 Å². The summed E-state index contributed by atoms with van der Waals surface area (Å²) in [5, 5.41) is 3.21. The Kier molecular flexibility index (Phi) is 8.08. The average Bonchev–Trinajstić information content (AvgIpc) is 2.70. The van der Waals surface area contributed by atoms with Crippen LogP contribution in [0.25, 0.3) is 6.08 Å². The van der Waals surface area contributed by atoms with Gasteiger partial charge in [0.1, 0.15) is 12.4 Å². The van der Waals surface area contributed by atoms with E-state index in [1.54, 1.807) is 44.6 Å². The molecule has 5 nitrogen and oxygen atoms in total. The van der Waals surface area contributed by atoms with E-state index >= 15 is 0 Å². The number of rotatable bonds is 7. The van der Waals surface area contributed by atoms with E-state index in [1.807, 2.05) is 18.2 Å². The Labute approximate surface area is 163 Å². The highest BCUT2D eigenvalue weighted by Gasteiger charge is 2.03. The van der Waals surface area contributed by atoms with E-state index in [2.05, 4.69) is 17.2 Å². The fourth-order valence-corrected chi connectivity index (χ4v) is 2.30. The van der Waals surface area contributed by atoms with Crippen LogP contribution in [0.3, 0.4) is 0 Å². The third kappa shape index (κ3) is 6.61. The molecule has 1 N–H and O–H groups in total. The summed E-state index contributed by atoms with van der Waals surface area (Å²) in [6.07, 6.45) is 3.12. The number of hydrogen-bond donors (Lipinski definition) is 1. The number of methoxy groups -OCH3 is 2. The predicted octanol–water partition coefficient (Wildman–Crippen LogP) is 3.57. The minimum absolute atomic E-state index is 0.196. The first-order chi connectivity index (χ1) is 13.1. The van der Waals surface area contributed by atoms with E-state index in [4.69, 9.17) is 25.8 Å². The van der Waals surface area contributed by atoms with E-state index in [0.29, 0.717) is 22.3 Å². The summed E-state index contributed by atoms with van der Waals surface area (Å²) in [4.78, 5) is 11.8. The molecule has 0 aliphatic carbocycles. The molecule has 2 rings (SSSR count). The van der Waals surface area contributed by atoms with E-state index < -0.39 is 0 Å². The molecule has 0 atom stereocenters. The zero-order chi connectivity index (χ0) is 19.5. The molecule has 0 aliphatic heterocycles. The van der Waals surface area contributed by atoms with Crippen molar-refractivity contribution in [1.29, 1.82) is 0 Å². The molecule has 0 radical (unpaired) electrons. The molecular formula is C21H20ClNO4. The summed E-state index contributed by atoms with van der Waals surface area (Å²) in [6.45, 7) is 0.419. The normalized spacial score (nSPS) is 10.0. The Balaban J connectivity index is 1.76. The summed E-state index contributed by atoms with van der Waals surface area (Å²) in [6, 6.07) is 12.6. The number of ether oxygens (including phenoxy) is 3. The van der Waals surface area contributed by atoms with Crippen LogP contribution in [-0.2, 0) is 4.79 Å². The topological polar surface area (TPSA) is 56.8 Å². The molecule has 0 saturated carbocycles. The van der Waals surface area contributed by atoms with E-state index in [9.17, 15) is 4.79 Å². The number of benzene rings is 2. The summed E-state index contributed by atoms with van der Waals surface area (Å²) in [5.41, 5.74) is 0.821. The lowest BCUT2D eigenvalue weighted by Gasteiger charge is -2.07. The number of para-hydroxylation sites is 1. The Hall–Kier alpha value is -3.10. The van der Waals surface area contributed by atoms with Gasteiger partial charge < -0.3 is 19.5 Å². The van der Waals surface area contributed by atoms with E-state index in [-0.39, 0.29) is 19.1 Å². The maximum atomic E-state index is 11.8. The van der Waals surface area contributed by atoms with Gasteiger partial charge in [0.2, 0.25) is 5.91 Å². The molecule has 0 bridgehead atoms. The molecule has 2 aromatic rings. The van der Waals surface area contributed by atoms with Crippen molar-refractivity contribution in [2.24, 2.45) is 0 Å². The Morgan fingerprint density at radius 1 is 1.07 bits per heavy atom. The van der Waals surface area contributed by atoms with E-state index in [1.165, 1.54) is 6.08 Å². The van der Waals surface area contributed by atoms with Gasteiger partial charge in [0, 0.05) is 6.08 Å². The first kappa shape index (κ1) is 20.2. The summed E-state index contributed by atoms with van der Waals surface area (Å²) in [5.74, 6) is 7.20. The van der Waals surface area contributed by atoms with Gasteiger partial charge in [0.25, 0.3) is 0 Å². The first-order valence-corrected chi connectivity index (χ1v) is 8.53. The van der Waals surface area contributed by atoms with Gasteiger partial charge in [-0.1, -0.05) is 41.6 Å². The van der Waals surface area contributed by atoms with Crippen molar-refractivity contribution >= 4 is 23.6 Å². The molecule has 27 heavy (non-hydrogen) atoms. The minimum Gasteiger partial charge on any atom is -0.493 e. The Morgan fingerprint density at radius 3 is 2.59 bits per heavy atom. The average molecular weight is 386 g/mol. The van der Waals surface area contributed by atoms with Gasteiger partial charge in [-0.05, 0) is 35.9 Å². The van der Waals surface area contributed by atoms with Gasteiger partial charge in [-0.25, -0.2) is 0 Å². The molecule has 0 spiro atoms. The van der Waals surface area contributed by atoms with Crippen LogP contribution in [0.4, 0.5) is 0 Å². The molecule has 2 aromatic carbocycles. The molecule has 0 unspecified atom stereocenters. The van der Waals surface area contributed by atoms with Gasteiger partial charge in [-0.3, -0.25) is 4.79 Å². The maximum absolute atomic E-state index is 11.8. The molecule has 0 aliphatic rings. The monoisotopic (exact) mass is 385 g/mol. The summed E-state index contributed by atoms with van der Waals surface area (Å²) >= 11 is 5.97. The molecule has 0 saturated heterocycles. The second-order valence-corrected chi connectivity index (χ2v) is 5.65. The molecular weight excluding hydrogens is 366 g/mol. The molecule has 0 aromatic heterocycles. The third-order valence-corrected chi connectivity index (χ3v) is 3.76. The molecule has 140 valence electrons. The Morgan fingerprint density at radius 2 is 1.85 bits per heavy atom. The fourth-order valence-electron chi connectivity index (χ4n) is 2.11. The highest BCUT2D eigenvalue weighted by molar-refractivity contribution is 6.32. The van der Waals surface area contributed by atoms with Gasteiger partial charge in [-0.2, -0.15) is 0 Å². The number of halogens is 1.